The van der Waals surface area contributed by atoms with E-state index >= 15 is 0 Å². The van der Waals surface area contributed by atoms with Crippen molar-refractivity contribution < 1.29 is 22.7 Å². The molecule has 0 fully saturated rings. The predicted octanol–water partition coefficient (Wildman–Crippen LogP) is 3.79. The first-order chi connectivity index (χ1) is 11.9. The average Bonchev–Trinajstić information content (AvgIpc) is 2.79. The average molecular weight is 387 g/mol. The van der Waals surface area contributed by atoms with E-state index in [1.807, 2.05) is 6.07 Å². The van der Waals surface area contributed by atoms with Crippen LogP contribution in [-0.2, 0) is 23.9 Å². The van der Waals surface area contributed by atoms with Gasteiger partial charge in [0.05, 0.1) is 12.0 Å². The minimum atomic E-state index is -4.38. The Morgan fingerprint density at radius 1 is 1.15 bits per heavy atom. The molecule has 1 aliphatic rings. The van der Waals surface area contributed by atoms with Crippen LogP contribution in [0.1, 0.15) is 16.7 Å². The van der Waals surface area contributed by atoms with Crippen LogP contribution < -0.4 is 15.4 Å². The number of carbonyl (C=O) groups excluding carboxylic acids is 1. The Labute approximate surface area is 155 Å². The van der Waals surface area contributed by atoms with Gasteiger partial charge < -0.3 is 15.4 Å². The molecule has 1 aliphatic heterocycles. The number of nitrogens with one attached hydrogen (secondary N) is 2. The number of alkyl halides is 3. The molecule has 4 nitrogen and oxygen atoms in total. The first-order valence-corrected chi connectivity index (χ1v) is 7.84. The zero-order valence-corrected chi connectivity index (χ0v) is 14.5. The van der Waals surface area contributed by atoms with E-state index in [2.05, 4.69) is 10.6 Å². The summed E-state index contributed by atoms with van der Waals surface area (Å²) in [5.41, 5.74) is 1.37. The molecule has 0 bridgehead atoms. The highest BCUT2D eigenvalue weighted by molar-refractivity contribution is 5.92. The summed E-state index contributed by atoms with van der Waals surface area (Å²) < 4.78 is 43.2. The Bertz CT molecular complexity index is 764. The summed E-state index contributed by atoms with van der Waals surface area (Å²) in [5.74, 6) is 0.493. The zero-order chi connectivity index (χ0) is 17.9. The second kappa shape index (κ2) is 8.42. The van der Waals surface area contributed by atoms with E-state index < -0.39 is 11.7 Å². The van der Waals surface area contributed by atoms with Gasteiger partial charge in [0, 0.05) is 24.3 Å². The van der Waals surface area contributed by atoms with Gasteiger partial charge in [-0.1, -0.05) is 12.1 Å². The molecular formula is C18H18ClF3N2O2. The van der Waals surface area contributed by atoms with Gasteiger partial charge in [0.1, 0.15) is 12.4 Å². The maximum Gasteiger partial charge on any atom is 0.416 e. The highest BCUT2D eigenvalue weighted by Crippen LogP contribution is 2.29. The fraction of sp³-hybridized carbons (Fsp3) is 0.278. The van der Waals surface area contributed by atoms with Gasteiger partial charge in [0.15, 0.2) is 0 Å². The second-order valence-corrected chi connectivity index (χ2v) is 5.77. The monoisotopic (exact) mass is 386 g/mol. The molecule has 0 radical (unpaired) electrons. The summed E-state index contributed by atoms with van der Waals surface area (Å²) in [5, 5.41) is 5.97. The Morgan fingerprint density at radius 2 is 1.88 bits per heavy atom. The molecule has 1 heterocycles. The van der Waals surface area contributed by atoms with Crippen molar-refractivity contribution in [3.63, 3.8) is 0 Å². The number of hydrogen-bond acceptors (Lipinski definition) is 3. The SMILES string of the molecule is Cl.O=C(Cc1ccc(C(F)(F)F)cc1)Nc1ccc2c(c1)CNCCO2. The summed E-state index contributed by atoms with van der Waals surface area (Å²) in [7, 11) is 0. The molecule has 3 rings (SSSR count). The Kier molecular flexibility index (Phi) is 6.50. The maximum absolute atomic E-state index is 12.5. The third-order valence-electron chi connectivity index (χ3n) is 3.84. The lowest BCUT2D eigenvalue weighted by Crippen LogP contribution is -2.16. The summed E-state index contributed by atoms with van der Waals surface area (Å²) in [6, 6.07) is 9.97. The van der Waals surface area contributed by atoms with Gasteiger partial charge in [0.25, 0.3) is 0 Å². The molecule has 0 aromatic heterocycles. The lowest BCUT2D eigenvalue weighted by Gasteiger charge is -2.11. The molecule has 2 aromatic carbocycles. The molecule has 26 heavy (non-hydrogen) atoms. The topological polar surface area (TPSA) is 50.4 Å². The van der Waals surface area contributed by atoms with Crippen LogP contribution >= 0.6 is 12.4 Å². The van der Waals surface area contributed by atoms with Gasteiger partial charge in [0.2, 0.25) is 5.91 Å². The number of rotatable bonds is 3. The molecule has 1 amide bonds. The fourth-order valence-electron chi connectivity index (χ4n) is 2.59. The largest absolute Gasteiger partial charge is 0.492 e. The number of benzene rings is 2. The van der Waals surface area contributed by atoms with Crippen molar-refractivity contribution in [1.29, 1.82) is 0 Å². The van der Waals surface area contributed by atoms with E-state index in [4.69, 9.17) is 4.74 Å². The molecule has 0 saturated carbocycles. The lowest BCUT2D eigenvalue weighted by atomic mass is 10.1. The Morgan fingerprint density at radius 3 is 2.58 bits per heavy atom. The first kappa shape index (κ1) is 20.1. The Hall–Kier alpha value is -2.25. The molecule has 0 aliphatic carbocycles. The van der Waals surface area contributed by atoms with Gasteiger partial charge in [-0.2, -0.15) is 13.2 Å². The van der Waals surface area contributed by atoms with Crippen LogP contribution in [-0.4, -0.2) is 19.1 Å². The summed E-state index contributed by atoms with van der Waals surface area (Å²) in [6.45, 7) is 1.99. The van der Waals surface area contributed by atoms with E-state index in [0.717, 1.165) is 30.0 Å². The van der Waals surface area contributed by atoms with Gasteiger partial charge in [-0.25, -0.2) is 0 Å². The van der Waals surface area contributed by atoms with Crippen LogP contribution in [0.2, 0.25) is 0 Å². The lowest BCUT2D eigenvalue weighted by molar-refractivity contribution is -0.137. The molecule has 0 spiro atoms. The van der Waals surface area contributed by atoms with Crippen molar-refractivity contribution in [3.8, 4) is 5.75 Å². The number of fused-ring (bicyclic) bond motifs is 1. The zero-order valence-electron chi connectivity index (χ0n) is 13.7. The molecule has 0 atom stereocenters. The standard InChI is InChI=1S/C18H17F3N2O2.ClH/c19-18(20,21)14-3-1-12(2-4-14)9-17(24)23-15-5-6-16-13(10-15)11-22-7-8-25-16;/h1-6,10,22H,7-9,11H2,(H,23,24);1H. The third-order valence-corrected chi connectivity index (χ3v) is 3.84. The normalized spacial score (nSPS) is 13.7. The van der Waals surface area contributed by atoms with Crippen molar-refractivity contribution in [2.24, 2.45) is 0 Å². The van der Waals surface area contributed by atoms with Gasteiger partial charge in [-0.3, -0.25) is 4.79 Å². The molecule has 0 saturated heterocycles. The quantitative estimate of drug-likeness (QED) is 0.843. The van der Waals surface area contributed by atoms with Crippen molar-refractivity contribution in [1.82, 2.24) is 5.32 Å². The van der Waals surface area contributed by atoms with E-state index in [1.165, 1.54) is 12.1 Å². The highest BCUT2D eigenvalue weighted by atomic mass is 35.5. The van der Waals surface area contributed by atoms with E-state index in [1.54, 1.807) is 12.1 Å². The first-order valence-electron chi connectivity index (χ1n) is 7.84. The van der Waals surface area contributed by atoms with E-state index in [-0.39, 0.29) is 24.7 Å². The van der Waals surface area contributed by atoms with Crippen molar-refractivity contribution in [2.75, 3.05) is 18.5 Å². The van der Waals surface area contributed by atoms with Crippen LogP contribution in [0.25, 0.3) is 0 Å². The summed E-state index contributed by atoms with van der Waals surface area (Å²) in [4.78, 5) is 12.1. The van der Waals surface area contributed by atoms with Crippen LogP contribution in [0.5, 0.6) is 5.75 Å². The number of anilines is 1. The molecule has 2 aromatic rings. The van der Waals surface area contributed by atoms with E-state index in [0.29, 0.717) is 24.4 Å². The molecule has 8 heteroatoms. The van der Waals surface area contributed by atoms with Crippen molar-refractivity contribution in [3.05, 3.63) is 59.2 Å². The summed E-state index contributed by atoms with van der Waals surface area (Å²) >= 11 is 0. The van der Waals surface area contributed by atoms with Crippen molar-refractivity contribution >= 4 is 24.0 Å². The maximum atomic E-state index is 12.5. The minimum absolute atomic E-state index is 0. The summed E-state index contributed by atoms with van der Waals surface area (Å²) in [6.07, 6.45) is -4.37. The van der Waals surface area contributed by atoms with E-state index in [9.17, 15) is 18.0 Å². The van der Waals surface area contributed by atoms with Crippen LogP contribution in [0, 0.1) is 0 Å². The number of halogens is 4. The smallest absolute Gasteiger partial charge is 0.416 e. The number of ether oxygens (including phenoxy) is 1. The molecule has 0 unspecified atom stereocenters. The van der Waals surface area contributed by atoms with Gasteiger partial charge in [-0.05, 0) is 35.9 Å². The molecule has 2 N–H and O–H groups in total. The van der Waals surface area contributed by atoms with Crippen molar-refractivity contribution in [2.45, 2.75) is 19.1 Å². The fourth-order valence-corrected chi connectivity index (χ4v) is 2.59. The van der Waals surface area contributed by atoms with Crippen LogP contribution in [0.15, 0.2) is 42.5 Å². The van der Waals surface area contributed by atoms with Crippen LogP contribution in [0.3, 0.4) is 0 Å². The number of carbonyl (C=O) groups is 1. The highest BCUT2D eigenvalue weighted by Gasteiger charge is 2.29. The van der Waals surface area contributed by atoms with Gasteiger partial charge in [-0.15, -0.1) is 12.4 Å². The Balaban J connectivity index is 0.00000243. The minimum Gasteiger partial charge on any atom is -0.492 e. The van der Waals surface area contributed by atoms with Gasteiger partial charge >= 0.3 is 6.18 Å². The molecular weight excluding hydrogens is 369 g/mol. The third kappa shape index (κ3) is 5.12. The molecule has 140 valence electrons. The van der Waals surface area contributed by atoms with Crippen LogP contribution in [0.4, 0.5) is 18.9 Å². The second-order valence-electron chi connectivity index (χ2n) is 5.77. The number of amides is 1. The number of hydrogen-bond donors (Lipinski definition) is 2. The predicted molar refractivity (Wildman–Crippen MR) is 94.7 cm³/mol.